The predicted molar refractivity (Wildman–Crippen MR) is 73.6 cm³/mol. The maximum atomic E-state index is 9.00. The molecule has 0 spiro atoms. The molecule has 0 saturated carbocycles. The third-order valence-electron chi connectivity index (χ3n) is 3.49. The molecule has 0 bridgehead atoms. The highest BCUT2D eigenvalue weighted by Gasteiger charge is 2.17. The lowest BCUT2D eigenvalue weighted by atomic mass is 10.1. The molecule has 0 amide bonds. The number of nitriles is 1. The monoisotopic (exact) mass is 244 g/mol. The van der Waals surface area contributed by atoms with Crippen LogP contribution in [0.5, 0.6) is 0 Å². The van der Waals surface area contributed by atoms with Crippen LogP contribution >= 0.6 is 0 Å². The van der Waals surface area contributed by atoms with E-state index in [0.717, 1.165) is 38.3 Å². The van der Waals surface area contributed by atoms with E-state index in [-0.39, 0.29) is 0 Å². The molecule has 0 aromatic heterocycles. The largest absolute Gasteiger partial charge is 0.384 e. The summed E-state index contributed by atoms with van der Waals surface area (Å²) in [6.45, 7) is 4.14. The van der Waals surface area contributed by atoms with Crippen LogP contribution in [0, 0.1) is 11.3 Å². The Morgan fingerprint density at radius 1 is 1.50 bits per heavy atom. The Kier molecular flexibility index (Phi) is 4.57. The first-order valence-corrected chi connectivity index (χ1v) is 6.45. The van der Waals surface area contributed by atoms with Crippen molar-refractivity contribution in [1.82, 2.24) is 10.2 Å². The van der Waals surface area contributed by atoms with Crippen molar-refractivity contribution in [3.63, 3.8) is 0 Å². The van der Waals surface area contributed by atoms with Crippen molar-refractivity contribution in [2.45, 2.75) is 12.5 Å². The summed E-state index contributed by atoms with van der Waals surface area (Å²) >= 11 is 0. The molecule has 1 saturated heterocycles. The molecule has 2 rings (SSSR count). The molecule has 0 aliphatic carbocycles. The smallest absolute Gasteiger partial charge is 0.101 e. The Morgan fingerprint density at radius 3 is 3.11 bits per heavy atom. The number of anilines is 1. The van der Waals surface area contributed by atoms with E-state index in [1.807, 2.05) is 24.3 Å². The molecule has 1 aromatic carbocycles. The molecule has 1 atom stereocenters. The van der Waals surface area contributed by atoms with Crippen LogP contribution in [-0.2, 0) is 0 Å². The summed E-state index contributed by atoms with van der Waals surface area (Å²) < 4.78 is 0. The van der Waals surface area contributed by atoms with E-state index >= 15 is 0 Å². The number of benzene rings is 1. The number of hydrogen-bond acceptors (Lipinski definition) is 4. The molecule has 1 unspecified atom stereocenters. The van der Waals surface area contributed by atoms with Crippen molar-refractivity contribution in [2.24, 2.45) is 0 Å². The number of rotatable bonds is 4. The van der Waals surface area contributed by atoms with Crippen molar-refractivity contribution < 1.29 is 0 Å². The van der Waals surface area contributed by atoms with Crippen LogP contribution < -0.4 is 10.6 Å². The van der Waals surface area contributed by atoms with Gasteiger partial charge in [0, 0.05) is 32.2 Å². The second-order valence-electron chi connectivity index (χ2n) is 4.71. The Morgan fingerprint density at radius 2 is 2.33 bits per heavy atom. The van der Waals surface area contributed by atoms with Crippen LogP contribution in [0.1, 0.15) is 12.0 Å². The standard InChI is InChI=1S/C14H20N4/c1-18-9-8-16-11-13(18)6-7-17-14-5-3-2-4-12(14)10-15/h2-5,13,16-17H,6-9,11H2,1H3. The van der Waals surface area contributed by atoms with Crippen LogP contribution in [0.25, 0.3) is 0 Å². The molecular formula is C14H20N4. The molecule has 4 nitrogen and oxygen atoms in total. The van der Waals surface area contributed by atoms with Crippen LogP contribution in [0.4, 0.5) is 5.69 Å². The van der Waals surface area contributed by atoms with Crippen LogP contribution in [0.3, 0.4) is 0 Å². The van der Waals surface area contributed by atoms with Gasteiger partial charge in [-0.15, -0.1) is 0 Å². The fraction of sp³-hybridized carbons (Fsp3) is 0.500. The molecule has 4 heteroatoms. The van der Waals surface area contributed by atoms with Gasteiger partial charge in [-0.2, -0.15) is 5.26 Å². The fourth-order valence-electron chi connectivity index (χ4n) is 2.29. The minimum atomic E-state index is 0.584. The molecule has 1 aliphatic rings. The lowest BCUT2D eigenvalue weighted by Crippen LogP contribution is -2.49. The minimum Gasteiger partial charge on any atom is -0.384 e. The summed E-state index contributed by atoms with van der Waals surface area (Å²) in [5, 5.41) is 15.8. The normalized spacial score (nSPS) is 20.3. The number of piperazine rings is 1. The molecule has 0 radical (unpaired) electrons. The predicted octanol–water partition coefficient (Wildman–Crippen LogP) is 1.26. The van der Waals surface area contributed by atoms with Gasteiger partial charge in [-0.3, -0.25) is 0 Å². The molecule has 2 N–H and O–H groups in total. The third kappa shape index (κ3) is 3.22. The van der Waals surface area contributed by atoms with Gasteiger partial charge in [0.1, 0.15) is 6.07 Å². The van der Waals surface area contributed by atoms with E-state index in [2.05, 4.69) is 28.7 Å². The molecule has 1 heterocycles. The van der Waals surface area contributed by atoms with Crippen molar-refractivity contribution in [3.8, 4) is 6.07 Å². The van der Waals surface area contributed by atoms with Crippen molar-refractivity contribution in [1.29, 1.82) is 5.26 Å². The Labute approximate surface area is 109 Å². The van der Waals surface area contributed by atoms with Gasteiger partial charge in [0.2, 0.25) is 0 Å². The summed E-state index contributed by atoms with van der Waals surface area (Å²) in [5.41, 5.74) is 1.65. The first kappa shape index (κ1) is 12.9. The lowest BCUT2D eigenvalue weighted by Gasteiger charge is -2.33. The van der Waals surface area contributed by atoms with Gasteiger partial charge in [-0.25, -0.2) is 0 Å². The maximum Gasteiger partial charge on any atom is 0.101 e. The number of nitrogens with one attached hydrogen (secondary N) is 2. The maximum absolute atomic E-state index is 9.00. The van der Waals surface area contributed by atoms with E-state index in [0.29, 0.717) is 11.6 Å². The Hall–Kier alpha value is -1.57. The van der Waals surface area contributed by atoms with Crippen molar-refractivity contribution in [2.75, 3.05) is 38.5 Å². The van der Waals surface area contributed by atoms with Gasteiger partial charge in [-0.1, -0.05) is 12.1 Å². The van der Waals surface area contributed by atoms with E-state index in [4.69, 9.17) is 5.26 Å². The van der Waals surface area contributed by atoms with E-state index < -0.39 is 0 Å². The summed E-state index contributed by atoms with van der Waals surface area (Å²) in [5.74, 6) is 0. The first-order valence-electron chi connectivity index (χ1n) is 6.45. The highest BCUT2D eigenvalue weighted by molar-refractivity contribution is 5.57. The lowest BCUT2D eigenvalue weighted by molar-refractivity contribution is 0.194. The van der Waals surface area contributed by atoms with Gasteiger partial charge in [0.25, 0.3) is 0 Å². The summed E-state index contributed by atoms with van der Waals surface area (Å²) in [4.78, 5) is 2.40. The number of nitrogens with zero attached hydrogens (tertiary/aromatic N) is 2. The van der Waals surface area contributed by atoms with Crippen LogP contribution in [0.2, 0.25) is 0 Å². The zero-order chi connectivity index (χ0) is 12.8. The van der Waals surface area contributed by atoms with Crippen LogP contribution in [-0.4, -0.2) is 44.2 Å². The van der Waals surface area contributed by atoms with Gasteiger partial charge in [-0.05, 0) is 25.6 Å². The zero-order valence-corrected chi connectivity index (χ0v) is 10.8. The first-order chi connectivity index (χ1) is 8.81. The molecule has 18 heavy (non-hydrogen) atoms. The molecule has 1 fully saturated rings. The summed E-state index contributed by atoms with van der Waals surface area (Å²) in [6, 6.07) is 10.4. The second-order valence-corrected chi connectivity index (χ2v) is 4.71. The summed E-state index contributed by atoms with van der Waals surface area (Å²) in [6.07, 6.45) is 1.09. The van der Waals surface area contributed by atoms with Crippen molar-refractivity contribution in [3.05, 3.63) is 29.8 Å². The molecular weight excluding hydrogens is 224 g/mol. The van der Waals surface area contributed by atoms with Gasteiger partial charge < -0.3 is 15.5 Å². The number of hydrogen-bond donors (Lipinski definition) is 2. The molecule has 96 valence electrons. The van der Waals surface area contributed by atoms with Gasteiger partial charge in [0.15, 0.2) is 0 Å². The quantitative estimate of drug-likeness (QED) is 0.837. The SMILES string of the molecule is CN1CCNCC1CCNc1ccccc1C#N. The molecule has 1 aliphatic heterocycles. The zero-order valence-electron chi connectivity index (χ0n) is 10.8. The Balaban J connectivity index is 1.83. The summed E-state index contributed by atoms with van der Waals surface area (Å²) in [7, 11) is 2.18. The van der Waals surface area contributed by atoms with E-state index in [9.17, 15) is 0 Å². The topological polar surface area (TPSA) is 51.1 Å². The Bertz CT molecular complexity index is 424. The molecule has 1 aromatic rings. The van der Waals surface area contributed by atoms with E-state index in [1.165, 1.54) is 0 Å². The van der Waals surface area contributed by atoms with Crippen LogP contribution in [0.15, 0.2) is 24.3 Å². The fourth-order valence-corrected chi connectivity index (χ4v) is 2.29. The van der Waals surface area contributed by atoms with Crippen molar-refractivity contribution >= 4 is 5.69 Å². The van der Waals surface area contributed by atoms with Gasteiger partial charge >= 0.3 is 0 Å². The average molecular weight is 244 g/mol. The second kappa shape index (κ2) is 6.39. The number of likely N-dealkylation sites (N-methyl/N-ethyl adjacent to an activating group) is 1. The highest BCUT2D eigenvalue weighted by atomic mass is 15.2. The third-order valence-corrected chi connectivity index (χ3v) is 3.49. The highest BCUT2D eigenvalue weighted by Crippen LogP contribution is 2.14. The number of para-hydroxylation sites is 1. The average Bonchev–Trinajstić information content (AvgIpc) is 2.41. The van der Waals surface area contributed by atoms with E-state index in [1.54, 1.807) is 0 Å². The van der Waals surface area contributed by atoms with Gasteiger partial charge in [0.05, 0.1) is 11.3 Å². The minimum absolute atomic E-state index is 0.584.